The number of aliphatic hydroxyl groups excluding tert-OH is 4. The molecule has 3 aromatic rings. The first-order valence-corrected chi connectivity index (χ1v) is 25.5. The van der Waals surface area contributed by atoms with Crippen molar-refractivity contribution in [1.82, 2.24) is 10.6 Å². The topological polar surface area (TPSA) is 185 Å². The molecule has 7 rings (SSSR count). The maximum Gasteiger partial charge on any atom is 0.243 e. The van der Waals surface area contributed by atoms with Crippen molar-refractivity contribution in [3.63, 3.8) is 0 Å². The van der Waals surface area contributed by atoms with Crippen LogP contribution < -0.4 is 16.4 Å². The molecule has 0 aromatic heterocycles. The minimum Gasteiger partial charge on any atom is -0.393 e. The number of hydrogen-bond donors (Lipinski definition) is 8. The van der Waals surface area contributed by atoms with Gasteiger partial charge in [-0.05, 0) is 161 Å². The lowest BCUT2D eigenvalue weighted by molar-refractivity contribution is -0.168. The zero-order valence-electron chi connectivity index (χ0n) is 41.1. The molecule has 2 fully saturated rings. The molecule has 2 aliphatic carbocycles. The molecule has 2 aliphatic heterocycles. The van der Waals surface area contributed by atoms with E-state index in [0.29, 0.717) is 85.6 Å². The van der Waals surface area contributed by atoms with Crippen molar-refractivity contribution in [3.05, 3.63) is 165 Å². The van der Waals surface area contributed by atoms with E-state index < -0.39 is 53.4 Å². The molecule has 9 unspecified atom stereocenters. The predicted molar refractivity (Wildman–Crippen MR) is 274 cm³/mol. The fraction of sp³-hybridized carbons (Fsp3) is 0.492. The number of β-amino-alcohol motifs (C(OH)–C–C–N with tert-alkyl or cyclic N) is 1. The first-order valence-electron chi connectivity index (χ1n) is 25.5. The fourth-order valence-corrected chi connectivity index (χ4v) is 12.1. The fourth-order valence-electron chi connectivity index (χ4n) is 12.1. The first kappa shape index (κ1) is 52.1. The van der Waals surface area contributed by atoms with E-state index in [0.717, 1.165) is 54.4 Å². The van der Waals surface area contributed by atoms with Crippen molar-refractivity contribution in [3.8, 4) is 0 Å². The Bertz CT molecular complexity index is 2420. The largest absolute Gasteiger partial charge is 0.393 e. The molecule has 2 saturated carbocycles. The highest BCUT2D eigenvalue weighted by Gasteiger charge is 2.64. The average molecular weight is 940 g/mol. The minimum absolute atomic E-state index is 0.00250. The molecule has 3 aromatic carbocycles. The van der Waals surface area contributed by atoms with E-state index in [1.807, 2.05) is 74.5 Å². The number of benzene rings is 3. The molecule has 10 heteroatoms. The highest BCUT2D eigenvalue weighted by Crippen LogP contribution is 2.63. The Morgan fingerprint density at radius 3 is 2.46 bits per heavy atom. The third kappa shape index (κ3) is 12.2. The second-order valence-electron chi connectivity index (χ2n) is 20.7. The van der Waals surface area contributed by atoms with Crippen molar-refractivity contribution < 1.29 is 35.1 Å². The second kappa shape index (κ2) is 23.4. The number of nitrogens with one attached hydrogen (secondary N) is 2. The minimum atomic E-state index is -1.32. The van der Waals surface area contributed by atoms with Gasteiger partial charge in [0.1, 0.15) is 12.2 Å². The lowest BCUT2D eigenvalue weighted by atomic mass is 9.52. The zero-order valence-corrected chi connectivity index (χ0v) is 41.1. The molecular weight excluding hydrogens is 863 g/mol. The van der Waals surface area contributed by atoms with E-state index >= 15 is 0 Å². The summed E-state index contributed by atoms with van der Waals surface area (Å²) in [6.07, 6.45) is 13.7. The molecule has 2 heterocycles. The van der Waals surface area contributed by atoms with Crippen LogP contribution in [0.1, 0.15) is 137 Å². The molecule has 0 radical (unpaired) electrons. The quantitative estimate of drug-likeness (QED) is 0.0693. The van der Waals surface area contributed by atoms with Gasteiger partial charge >= 0.3 is 0 Å². The van der Waals surface area contributed by atoms with E-state index in [4.69, 9.17) is 5.73 Å². The normalized spacial score (nSPS) is 29.7. The van der Waals surface area contributed by atoms with Crippen LogP contribution in [0.3, 0.4) is 0 Å². The smallest absolute Gasteiger partial charge is 0.243 e. The molecule has 1 spiro atoms. The molecule has 69 heavy (non-hydrogen) atoms. The summed E-state index contributed by atoms with van der Waals surface area (Å²) in [5.74, 6) is -1.36. The van der Waals surface area contributed by atoms with Crippen LogP contribution in [-0.2, 0) is 35.3 Å². The van der Waals surface area contributed by atoms with Gasteiger partial charge in [-0.15, -0.1) is 0 Å². The van der Waals surface area contributed by atoms with Gasteiger partial charge in [0.05, 0.1) is 30.5 Å². The Balaban J connectivity index is 1.15. The van der Waals surface area contributed by atoms with Gasteiger partial charge in [-0.25, -0.2) is 0 Å². The molecule has 2 bridgehead atoms. The Kier molecular flexibility index (Phi) is 17.7. The van der Waals surface area contributed by atoms with Gasteiger partial charge in [0.15, 0.2) is 5.78 Å². The van der Waals surface area contributed by atoms with Gasteiger partial charge in [-0.3, -0.25) is 14.9 Å². The van der Waals surface area contributed by atoms with E-state index in [1.54, 1.807) is 0 Å². The van der Waals surface area contributed by atoms with Crippen LogP contribution in [0.5, 0.6) is 0 Å². The maximum atomic E-state index is 14.8. The standard InChI is InChI=1S/C59H77N3O7/c1-38(15-9-19-41-17-6-5-7-18-41)13-8-14-39(2)16-10-23-45(37-63)49-30-32-59(55(49)67)51-28-27-46(64)34-43-21-11-20-42(33-43)25-26-47(65)36-61-54-53-44(22-12-24-50(53)56(60)62-57(54)68)35-52(66)40(3)48(51)29-31-58(59,4)69/h5-7,10-13,16-18,20-24,33,46-47,49,51,54-56,61,63-65,67,69H,2,8-9,14-15,19,25-32,34-37,60H2,1,3-4H3,(H,62,68). The average Bonchev–Trinajstić information content (AvgIpc) is 3.67. The molecular formula is C59H77N3O7. The van der Waals surface area contributed by atoms with Crippen molar-refractivity contribution >= 4 is 11.7 Å². The first-order chi connectivity index (χ1) is 33.1. The number of carbonyl (C=O) groups excluding carboxylic acids is 2. The SMILES string of the molecule is C=C(C=CC=C(CO)C1CCC2(C3CCC(O)Cc4cccc(c4)CCC(O)CNC4C(=O)NC(N)c5cccc(c54)CC(=O)C(C)=C3CCC2(C)O)C1O)CCC=C(C)CCCc1ccccc1. The van der Waals surface area contributed by atoms with E-state index in [9.17, 15) is 35.1 Å². The number of nitrogens with two attached hydrogens (primary N) is 1. The summed E-state index contributed by atoms with van der Waals surface area (Å²) in [5.41, 5.74) is 13.9. The summed E-state index contributed by atoms with van der Waals surface area (Å²) in [6, 6.07) is 23.3. The molecule has 0 saturated heterocycles. The number of fused-ring (bicyclic) bond motifs is 4. The molecule has 10 nitrogen and oxygen atoms in total. The molecule has 9 N–H and O–H groups in total. The number of rotatable bonds is 11. The highest BCUT2D eigenvalue weighted by atomic mass is 16.3. The zero-order chi connectivity index (χ0) is 49.3. The molecule has 1 amide bonds. The summed E-state index contributed by atoms with van der Waals surface area (Å²) < 4.78 is 0. The number of carbonyl (C=O) groups is 2. The van der Waals surface area contributed by atoms with Crippen molar-refractivity contribution in [2.45, 2.75) is 153 Å². The van der Waals surface area contributed by atoms with Crippen LogP contribution in [-0.4, -0.2) is 74.3 Å². The summed E-state index contributed by atoms with van der Waals surface area (Å²) >= 11 is 0. The highest BCUT2D eigenvalue weighted by molar-refractivity contribution is 5.98. The Hall–Kier alpha value is -4.78. The van der Waals surface area contributed by atoms with E-state index in [2.05, 4.69) is 60.5 Å². The van der Waals surface area contributed by atoms with Crippen LogP contribution in [0.25, 0.3) is 0 Å². The number of ketones is 1. The molecule has 370 valence electrons. The van der Waals surface area contributed by atoms with Crippen LogP contribution >= 0.6 is 0 Å². The number of hydrogen-bond acceptors (Lipinski definition) is 9. The third-order valence-electron chi connectivity index (χ3n) is 16.1. The van der Waals surface area contributed by atoms with Crippen molar-refractivity contribution in [2.24, 2.45) is 23.0 Å². The van der Waals surface area contributed by atoms with Gasteiger partial charge in [-0.1, -0.05) is 120 Å². The van der Waals surface area contributed by atoms with Gasteiger partial charge < -0.3 is 36.6 Å². The number of aryl methyl sites for hydroxylation is 2. The molecule has 9 atom stereocenters. The lowest BCUT2D eigenvalue weighted by Crippen LogP contribution is -2.59. The molecule has 4 aliphatic rings. The maximum absolute atomic E-state index is 14.8. The number of amides is 1. The monoisotopic (exact) mass is 940 g/mol. The van der Waals surface area contributed by atoms with Gasteiger partial charge in [0, 0.05) is 24.3 Å². The Labute approximate surface area is 410 Å². The van der Waals surface area contributed by atoms with Gasteiger partial charge in [-0.2, -0.15) is 0 Å². The number of allylic oxidation sites excluding steroid dienone is 8. The summed E-state index contributed by atoms with van der Waals surface area (Å²) in [5, 5.41) is 65.2. The summed E-state index contributed by atoms with van der Waals surface area (Å²) in [4.78, 5) is 28.3. The van der Waals surface area contributed by atoms with Crippen molar-refractivity contribution in [2.75, 3.05) is 13.2 Å². The third-order valence-corrected chi connectivity index (χ3v) is 16.1. The number of Topliss-reactive ketones (excluding diaryl/α,β-unsaturated/α-hetero) is 1. The van der Waals surface area contributed by atoms with Crippen LogP contribution in [0.2, 0.25) is 0 Å². The second-order valence-corrected chi connectivity index (χ2v) is 20.7. The predicted octanol–water partition coefficient (Wildman–Crippen LogP) is 8.22. The van der Waals surface area contributed by atoms with Gasteiger partial charge in [0.2, 0.25) is 5.91 Å². The lowest BCUT2D eigenvalue weighted by Gasteiger charge is -2.56. The van der Waals surface area contributed by atoms with Crippen LogP contribution in [0.15, 0.2) is 132 Å². The van der Waals surface area contributed by atoms with Crippen molar-refractivity contribution in [1.29, 1.82) is 0 Å². The van der Waals surface area contributed by atoms with Gasteiger partial charge in [0.25, 0.3) is 0 Å². The Morgan fingerprint density at radius 2 is 1.68 bits per heavy atom. The Morgan fingerprint density at radius 1 is 0.913 bits per heavy atom. The number of aliphatic hydroxyl groups is 5. The van der Waals surface area contributed by atoms with Crippen LogP contribution in [0.4, 0.5) is 0 Å². The van der Waals surface area contributed by atoms with E-state index in [-0.39, 0.29) is 31.3 Å². The van der Waals surface area contributed by atoms with Crippen LogP contribution in [0, 0.1) is 17.3 Å². The summed E-state index contributed by atoms with van der Waals surface area (Å²) in [6.45, 7) is 10.0. The van der Waals surface area contributed by atoms with E-state index in [1.165, 1.54) is 11.1 Å². The summed E-state index contributed by atoms with van der Waals surface area (Å²) in [7, 11) is 0.